The molecule has 1 N–H and O–H groups in total. The predicted molar refractivity (Wildman–Crippen MR) is 65.1 cm³/mol. The third kappa shape index (κ3) is 6.91. The van der Waals surface area contributed by atoms with Crippen LogP contribution in [0.1, 0.15) is 52.9 Å². The van der Waals surface area contributed by atoms with E-state index in [9.17, 15) is 0 Å². The summed E-state index contributed by atoms with van der Waals surface area (Å²) in [6, 6.07) is 0.824. The van der Waals surface area contributed by atoms with Gasteiger partial charge in [-0.2, -0.15) is 0 Å². The predicted octanol–water partition coefficient (Wildman–Crippen LogP) is 2.97. The fourth-order valence-electron chi connectivity index (χ4n) is 1.49. The highest BCUT2D eigenvalue weighted by Crippen LogP contribution is 2.23. The van der Waals surface area contributed by atoms with Crippen LogP contribution in [0.4, 0.5) is 0 Å². The van der Waals surface area contributed by atoms with Crippen molar-refractivity contribution >= 4 is 0 Å². The molecular weight excluding hydrogens is 186 g/mol. The molecule has 0 radical (unpaired) electrons. The van der Waals surface area contributed by atoms with Crippen LogP contribution < -0.4 is 5.32 Å². The maximum atomic E-state index is 5.60. The molecule has 0 unspecified atom stereocenters. The SMILES string of the molecule is CCCCOCCC(C)(C)CNC1CC1. The monoisotopic (exact) mass is 213 g/mol. The van der Waals surface area contributed by atoms with Gasteiger partial charge in [0.15, 0.2) is 0 Å². The second kappa shape index (κ2) is 6.49. The molecule has 1 aliphatic carbocycles. The Morgan fingerprint density at radius 3 is 2.60 bits per heavy atom. The summed E-state index contributed by atoms with van der Waals surface area (Å²) in [4.78, 5) is 0. The van der Waals surface area contributed by atoms with Gasteiger partial charge in [-0.25, -0.2) is 0 Å². The maximum Gasteiger partial charge on any atom is 0.0471 e. The van der Waals surface area contributed by atoms with Crippen molar-refractivity contribution in [2.75, 3.05) is 19.8 Å². The van der Waals surface area contributed by atoms with E-state index >= 15 is 0 Å². The molecule has 0 heterocycles. The Hall–Kier alpha value is -0.0800. The van der Waals surface area contributed by atoms with Crippen molar-refractivity contribution in [3.05, 3.63) is 0 Å². The standard InChI is InChI=1S/C13H27NO/c1-4-5-9-15-10-8-13(2,3)11-14-12-6-7-12/h12,14H,4-11H2,1-3H3. The van der Waals surface area contributed by atoms with Crippen LogP contribution >= 0.6 is 0 Å². The van der Waals surface area contributed by atoms with Crippen LogP contribution in [0, 0.1) is 5.41 Å². The van der Waals surface area contributed by atoms with Crippen molar-refractivity contribution in [2.45, 2.75) is 58.9 Å². The van der Waals surface area contributed by atoms with E-state index in [1.165, 1.54) is 25.7 Å². The summed E-state index contributed by atoms with van der Waals surface area (Å²) < 4.78 is 5.60. The Kier molecular flexibility index (Phi) is 5.62. The van der Waals surface area contributed by atoms with Gasteiger partial charge in [-0.15, -0.1) is 0 Å². The molecular formula is C13H27NO. The van der Waals surface area contributed by atoms with Gasteiger partial charge in [-0.1, -0.05) is 27.2 Å². The average Bonchev–Trinajstić information content (AvgIpc) is 2.98. The van der Waals surface area contributed by atoms with Crippen molar-refractivity contribution in [3.63, 3.8) is 0 Å². The van der Waals surface area contributed by atoms with Gasteiger partial charge in [0.05, 0.1) is 0 Å². The molecule has 0 saturated heterocycles. The fraction of sp³-hybridized carbons (Fsp3) is 1.00. The molecule has 1 aliphatic rings. The van der Waals surface area contributed by atoms with Crippen LogP contribution in [-0.4, -0.2) is 25.8 Å². The van der Waals surface area contributed by atoms with E-state index < -0.39 is 0 Å². The minimum Gasteiger partial charge on any atom is -0.381 e. The van der Waals surface area contributed by atoms with Gasteiger partial charge in [0.2, 0.25) is 0 Å². The van der Waals surface area contributed by atoms with Crippen molar-refractivity contribution in [3.8, 4) is 0 Å². The molecule has 1 saturated carbocycles. The Morgan fingerprint density at radius 1 is 1.27 bits per heavy atom. The van der Waals surface area contributed by atoms with Gasteiger partial charge < -0.3 is 10.1 Å². The molecule has 0 amide bonds. The highest BCUT2D eigenvalue weighted by atomic mass is 16.5. The summed E-state index contributed by atoms with van der Waals surface area (Å²) >= 11 is 0. The Morgan fingerprint density at radius 2 is 2.00 bits per heavy atom. The van der Waals surface area contributed by atoms with Crippen LogP contribution in [0.15, 0.2) is 0 Å². The number of rotatable bonds is 9. The summed E-state index contributed by atoms with van der Waals surface area (Å²) in [5.41, 5.74) is 0.384. The second-order valence-corrected chi connectivity index (χ2v) is 5.54. The molecule has 0 aromatic rings. The number of nitrogens with one attached hydrogen (secondary N) is 1. The first-order chi connectivity index (χ1) is 7.14. The molecule has 90 valence electrons. The Balaban J connectivity index is 1.95. The third-order valence-corrected chi connectivity index (χ3v) is 3.01. The summed E-state index contributed by atoms with van der Waals surface area (Å²) in [6.45, 7) is 9.83. The molecule has 15 heavy (non-hydrogen) atoms. The van der Waals surface area contributed by atoms with Gasteiger partial charge in [-0.3, -0.25) is 0 Å². The van der Waals surface area contributed by atoms with E-state index in [1.807, 2.05) is 0 Å². The molecule has 0 aromatic carbocycles. The van der Waals surface area contributed by atoms with Crippen LogP contribution in [0.25, 0.3) is 0 Å². The first-order valence-electron chi connectivity index (χ1n) is 6.45. The molecule has 1 fully saturated rings. The molecule has 0 spiro atoms. The lowest BCUT2D eigenvalue weighted by Gasteiger charge is -2.25. The molecule has 0 atom stereocenters. The van der Waals surface area contributed by atoms with E-state index in [0.717, 1.165) is 32.2 Å². The first kappa shape index (κ1) is 13.0. The van der Waals surface area contributed by atoms with Gasteiger partial charge in [0.25, 0.3) is 0 Å². The zero-order valence-corrected chi connectivity index (χ0v) is 10.6. The number of unbranched alkanes of at least 4 members (excludes halogenated alkanes) is 1. The average molecular weight is 213 g/mol. The lowest BCUT2D eigenvalue weighted by atomic mass is 9.90. The van der Waals surface area contributed by atoms with E-state index in [4.69, 9.17) is 4.74 Å². The highest BCUT2D eigenvalue weighted by Gasteiger charge is 2.24. The van der Waals surface area contributed by atoms with Gasteiger partial charge in [0, 0.05) is 25.8 Å². The first-order valence-corrected chi connectivity index (χ1v) is 6.45. The molecule has 2 heteroatoms. The van der Waals surface area contributed by atoms with Crippen LogP contribution in [0.2, 0.25) is 0 Å². The van der Waals surface area contributed by atoms with Crippen molar-refractivity contribution < 1.29 is 4.74 Å². The lowest BCUT2D eigenvalue weighted by Crippen LogP contribution is -2.31. The Labute approximate surface area is 94.8 Å². The van der Waals surface area contributed by atoms with Crippen LogP contribution in [0.3, 0.4) is 0 Å². The molecule has 2 nitrogen and oxygen atoms in total. The lowest BCUT2D eigenvalue weighted by molar-refractivity contribution is 0.101. The van der Waals surface area contributed by atoms with Crippen molar-refractivity contribution in [1.82, 2.24) is 5.32 Å². The minimum atomic E-state index is 0.384. The summed E-state index contributed by atoms with van der Waals surface area (Å²) in [6.07, 6.45) is 6.34. The van der Waals surface area contributed by atoms with Crippen molar-refractivity contribution in [1.29, 1.82) is 0 Å². The topological polar surface area (TPSA) is 21.3 Å². The molecule has 0 aromatic heterocycles. The maximum absolute atomic E-state index is 5.60. The van der Waals surface area contributed by atoms with E-state index in [-0.39, 0.29) is 0 Å². The van der Waals surface area contributed by atoms with Gasteiger partial charge in [-0.05, 0) is 31.1 Å². The zero-order valence-electron chi connectivity index (χ0n) is 10.6. The number of hydrogen-bond donors (Lipinski definition) is 1. The zero-order chi connectivity index (χ0) is 11.1. The smallest absolute Gasteiger partial charge is 0.0471 e. The molecule has 0 bridgehead atoms. The largest absolute Gasteiger partial charge is 0.381 e. The van der Waals surface area contributed by atoms with Gasteiger partial charge >= 0.3 is 0 Å². The quantitative estimate of drug-likeness (QED) is 0.595. The number of ether oxygens (including phenoxy) is 1. The highest BCUT2D eigenvalue weighted by molar-refractivity contribution is 4.83. The Bertz CT molecular complexity index is 164. The van der Waals surface area contributed by atoms with Crippen LogP contribution in [0.5, 0.6) is 0 Å². The fourth-order valence-corrected chi connectivity index (χ4v) is 1.49. The molecule has 1 rings (SSSR count). The van der Waals surface area contributed by atoms with Gasteiger partial charge in [0.1, 0.15) is 0 Å². The van der Waals surface area contributed by atoms with Crippen molar-refractivity contribution in [2.24, 2.45) is 5.41 Å². The van der Waals surface area contributed by atoms with E-state index in [2.05, 4.69) is 26.1 Å². The number of hydrogen-bond acceptors (Lipinski definition) is 2. The summed E-state index contributed by atoms with van der Waals surface area (Å²) in [5.74, 6) is 0. The second-order valence-electron chi connectivity index (χ2n) is 5.54. The summed E-state index contributed by atoms with van der Waals surface area (Å²) in [7, 11) is 0. The van der Waals surface area contributed by atoms with E-state index in [1.54, 1.807) is 0 Å². The minimum absolute atomic E-state index is 0.384. The normalized spacial score (nSPS) is 17.0. The van der Waals surface area contributed by atoms with Crippen LogP contribution in [-0.2, 0) is 4.74 Å². The molecule has 0 aliphatic heterocycles. The summed E-state index contributed by atoms with van der Waals surface area (Å²) in [5, 5.41) is 3.59. The third-order valence-electron chi connectivity index (χ3n) is 3.01. The van der Waals surface area contributed by atoms with E-state index in [0.29, 0.717) is 5.41 Å².